The lowest BCUT2D eigenvalue weighted by atomic mass is 9.97. The van der Waals surface area contributed by atoms with Gasteiger partial charge >= 0.3 is 11.9 Å². The highest BCUT2D eigenvalue weighted by Gasteiger charge is 2.38. The first-order valence-corrected chi connectivity index (χ1v) is 13.8. The van der Waals surface area contributed by atoms with Crippen LogP contribution in [0.25, 0.3) is 22.2 Å². The van der Waals surface area contributed by atoms with Crippen molar-refractivity contribution in [2.75, 3.05) is 11.4 Å². The van der Waals surface area contributed by atoms with Gasteiger partial charge in [-0.1, -0.05) is 48.3 Å². The molecule has 4 aromatic rings. The number of benzene rings is 2. The molecule has 0 radical (unpaired) electrons. The third kappa shape index (κ3) is 6.26. The summed E-state index contributed by atoms with van der Waals surface area (Å²) in [4.78, 5) is 31.6. The van der Waals surface area contributed by atoms with Crippen LogP contribution < -0.4 is 4.90 Å². The lowest BCUT2D eigenvalue weighted by molar-refractivity contribution is -0.159. The summed E-state index contributed by atoms with van der Waals surface area (Å²) in [5, 5.41) is 18.4. The van der Waals surface area contributed by atoms with Crippen LogP contribution in [0.2, 0.25) is 10.0 Å². The van der Waals surface area contributed by atoms with Crippen molar-refractivity contribution in [3.05, 3.63) is 75.2 Å². The van der Waals surface area contributed by atoms with Crippen molar-refractivity contribution in [1.29, 1.82) is 0 Å². The van der Waals surface area contributed by atoms with E-state index in [2.05, 4.69) is 54.1 Å². The number of fused-ring (bicyclic) bond motifs is 1. The molecule has 1 atom stereocenters. The SMILES string of the molecule is CCCN(c1nc(-c2ccc(Cl)cc2Cl)c(C)s1)C(c1ccnc2ccccc12)C1CC1.O=C(O)C(=O)O. The zero-order valence-corrected chi connectivity index (χ0v) is 23.2. The average molecular weight is 573 g/mol. The van der Waals surface area contributed by atoms with Crippen LogP contribution in [0.4, 0.5) is 5.13 Å². The fourth-order valence-corrected chi connectivity index (χ4v) is 5.98. The van der Waals surface area contributed by atoms with Crippen LogP contribution in [-0.2, 0) is 9.59 Å². The van der Waals surface area contributed by atoms with Gasteiger partial charge in [0, 0.05) is 33.6 Å². The molecule has 1 aliphatic carbocycles. The lowest BCUT2D eigenvalue weighted by Crippen LogP contribution is -2.31. The monoisotopic (exact) mass is 571 g/mol. The molecule has 7 nitrogen and oxygen atoms in total. The predicted molar refractivity (Wildman–Crippen MR) is 152 cm³/mol. The number of aromatic nitrogens is 2. The number of rotatable bonds is 7. The summed E-state index contributed by atoms with van der Waals surface area (Å²) in [5.41, 5.74) is 4.29. The van der Waals surface area contributed by atoms with Crippen molar-refractivity contribution in [2.24, 2.45) is 5.92 Å². The van der Waals surface area contributed by atoms with Crippen LogP contribution in [0.1, 0.15) is 42.7 Å². The molecule has 1 aliphatic rings. The Labute approximate surface area is 234 Å². The highest BCUT2D eigenvalue weighted by atomic mass is 35.5. The van der Waals surface area contributed by atoms with E-state index >= 15 is 0 Å². The molecule has 0 bridgehead atoms. The summed E-state index contributed by atoms with van der Waals surface area (Å²) in [5.74, 6) is -3.01. The van der Waals surface area contributed by atoms with Gasteiger partial charge in [-0.15, -0.1) is 11.3 Å². The standard InChI is InChI=1S/C26H25Cl2N3S.C2H2O4/c1-3-14-31(26-30-24(16(2)32-26)21-11-10-18(27)15-22(21)28)25(17-8-9-17)20-12-13-29-23-7-5-4-6-19(20)23;3-1(4)2(5)6/h4-7,10-13,15,17,25H,3,8-9,14H2,1-2H3;(H,3,4)(H,5,6). The topological polar surface area (TPSA) is 104 Å². The normalized spacial score (nSPS) is 13.5. The maximum absolute atomic E-state index is 9.10. The molecule has 0 amide bonds. The molecular formula is C28H27Cl2N3O4S. The Hall–Kier alpha value is -3.20. The minimum Gasteiger partial charge on any atom is -0.473 e. The van der Waals surface area contributed by atoms with E-state index in [4.69, 9.17) is 48.0 Å². The fourth-order valence-electron chi connectivity index (χ4n) is 4.50. The van der Waals surface area contributed by atoms with E-state index in [-0.39, 0.29) is 0 Å². The summed E-state index contributed by atoms with van der Waals surface area (Å²) < 4.78 is 0. The van der Waals surface area contributed by atoms with Gasteiger partial charge in [0.1, 0.15) is 0 Å². The third-order valence-electron chi connectivity index (χ3n) is 6.27. The molecule has 1 fully saturated rings. The van der Waals surface area contributed by atoms with Crippen LogP contribution in [0, 0.1) is 12.8 Å². The number of halogens is 2. The van der Waals surface area contributed by atoms with Crippen LogP contribution in [0.15, 0.2) is 54.7 Å². The number of para-hydroxylation sites is 1. The van der Waals surface area contributed by atoms with Gasteiger partial charge in [0.15, 0.2) is 5.13 Å². The van der Waals surface area contributed by atoms with Gasteiger partial charge in [0.2, 0.25) is 0 Å². The molecule has 0 saturated heterocycles. The molecule has 10 heteroatoms. The van der Waals surface area contributed by atoms with Crippen molar-refractivity contribution >= 4 is 62.5 Å². The number of hydrogen-bond acceptors (Lipinski definition) is 6. The molecule has 0 aliphatic heterocycles. The molecule has 5 rings (SSSR count). The highest BCUT2D eigenvalue weighted by molar-refractivity contribution is 7.16. The average Bonchev–Trinajstić information content (AvgIpc) is 3.65. The highest BCUT2D eigenvalue weighted by Crippen LogP contribution is 2.49. The molecule has 1 unspecified atom stereocenters. The van der Waals surface area contributed by atoms with Crippen molar-refractivity contribution in [3.63, 3.8) is 0 Å². The predicted octanol–water partition coefficient (Wildman–Crippen LogP) is 7.50. The third-order valence-corrected chi connectivity index (χ3v) is 7.83. The van der Waals surface area contributed by atoms with Crippen LogP contribution in [0.5, 0.6) is 0 Å². The van der Waals surface area contributed by atoms with E-state index in [1.165, 1.54) is 28.7 Å². The Kier molecular flexibility index (Phi) is 8.87. The van der Waals surface area contributed by atoms with Crippen molar-refractivity contribution < 1.29 is 19.8 Å². The second kappa shape index (κ2) is 12.1. The first kappa shape index (κ1) is 27.8. The van der Waals surface area contributed by atoms with Gasteiger partial charge in [-0.2, -0.15) is 0 Å². The zero-order chi connectivity index (χ0) is 27.4. The molecule has 1 saturated carbocycles. The fraction of sp³-hybridized carbons (Fsp3) is 0.286. The van der Waals surface area contributed by atoms with Gasteiger partial charge in [-0.05, 0) is 68.0 Å². The van der Waals surface area contributed by atoms with Gasteiger partial charge in [0.25, 0.3) is 0 Å². The number of aryl methyl sites for hydroxylation is 1. The van der Waals surface area contributed by atoms with E-state index < -0.39 is 11.9 Å². The molecule has 2 aromatic heterocycles. The van der Waals surface area contributed by atoms with E-state index in [1.54, 1.807) is 17.4 Å². The Bertz CT molecular complexity index is 1450. The van der Waals surface area contributed by atoms with E-state index in [0.717, 1.165) is 34.9 Å². The van der Waals surface area contributed by atoms with E-state index in [9.17, 15) is 0 Å². The van der Waals surface area contributed by atoms with Gasteiger partial charge in [-0.25, -0.2) is 14.6 Å². The number of anilines is 1. The largest absolute Gasteiger partial charge is 0.473 e. The molecule has 2 heterocycles. The summed E-state index contributed by atoms with van der Waals surface area (Å²) in [7, 11) is 0. The summed E-state index contributed by atoms with van der Waals surface area (Å²) in [6, 6.07) is 16.6. The Morgan fingerprint density at radius 2 is 1.82 bits per heavy atom. The molecule has 0 spiro atoms. The molecular weight excluding hydrogens is 545 g/mol. The minimum atomic E-state index is -1.82. The van der Waals surface area contributed by atoms with Crippen molar-refractivity contribution in [1.82, 2.24) is 9.97 Å². The Morgan fingerprint density at radius 1 is 1.11 bits per heavy atom. The number of carboxylic acid groups (broad SMARTS) is 2. The number of pyridine rings is 1. The van der Waals surface area contributed by atoms with Crippen LogP contribution in [-0.4, -0.2) is 38.7 Å². The van der Waals surface area contributed by atoms with Gasteiger partial charge in [0.05, 0.1) is 22.3 Å². The number of carbonyl (C=O) groups is 2. The lowest BCUT2D eigenvalue weighted by Gasteiger charge is -2.32. The minimum absolute atomic E-state index is 0.293. The second-order valence-electron chi connectivity index (χ2n) is 9.03. The molecule has 2 N–H and O–H groups in total. The maximum atomic E-state index is 9.10. The number of aliphatic carboxylic acids is 2. The van der Waals surface area contributed by atoms with Crippen molar-refractivity contribution in [2.45, 2.75) is 39.2 Å². The van der Waals surface area contributed by atoms with E-state index in [0.29, 0.717) is 22.0 Å². The Morgan fingerprint density at radius 3 is 2.45 bits per heavy atom. The van der Waals surface area contributed by atoms with Gasteiger partial charge < -0.3 is 15.1 Å². The first-order valence-electron chi connectivity index (χ1n) is 12.2. The Balaban J connectivity index is 0.000000505. The first-order chi connectivity index (χ1) is 18.2. The van der Waals surface area contributed by atoms with Crippen LogP contribution in [0.3, 0.4) is 0 Å². The summed E-state index contributed by atoms with van der Waals surface area (Å²) in [6.07, 6.45) is 5.51. The molecule has 38 heavy (non-hydrogen) atoms. The number of hydrogen-bond donors (Lipinski definition) is 2. The molecule has 2 aromatic carbocycles. The maximum Gasteiger partial charge on any atom is 0.414 e. The van der Waals surface area contributed by atoms with Gasteiger partial charge in [-0.3, -0.25) is 4.98 Å². The number of thiazole rings is 1. The summed E-state index contributed by atoms with van der Waals surface area (Å²) >= 11 is 14.4. The molecule has 198 valence electrons. The number of carboxylic acids is 2. The number of nitrogens with zero attached hydrogens (tertiary/aromatic N) is 3. The second-order valence-corrected chi connectivity index (χ2v) is 11.1. The van der Waals surface area contributed by atoms with Crippen molar-refractivity contribution in [3.8, 4) is 11.3 Å². The van der Waals surface area contributed by atoms with E-state index in [1.807, 2.05) is 18.3 Å². The smallest absolute Gasteiger partial charge is 0.414 e. The zero-order valence-electron chi connectivity index (χ0n) is 20.9. The van der Waals surface area contributed by atoms with Crippen LogP contribution >= 0.6 is 34.5 Å². The quantitative estimate of drug-likeness (QED) is 0.221. The summed E-state index contributed by atoms with van der Waals surface area (Å²) in [6.45, 7) is 5.32.